The van der Waals surface area contributed by atoms with E-state index in [0.717, 1.165) is 0 Å². The maximum Gasteiger partial charge on any atom is 0.224 e. The van der Waals surface area contributed by atoms with Crippen LogP contribution in [0.15, 0.2) is 24.3 Å². The van der Waals surface area contributed by atoms with E-state index in [1.807, 2.05) is 13.8 Å². The second kappa shape index (κ2) is 6.20. The van der Waals surface area contributed by atoms with Crippen LogP contribution in [0.5, 0.6) is 0 Å². The predicted molar refractivity (Wildman–Crippen MR) is 80.0 cm³/mol. The SMILES string of the molecule is Cc1cccc(C(C)(C)CNC(=O)C(C)C(C)N)c1. The van der Waals surface area contributed by atoms with Crippen molar-refractivity contribution < 1.29 is 4.79 Å². The van der Waals surface area contributed by atoms with Gasteiger partial charge < -0.3 is 11.1 Å². The number of nitrogens with one attached hydrogen (secondary N) is 1. The molecule has 1 aromatic rings. The number of amides is 1. The van der Waals surface area contributed by atoms with Gasteiger partial charge >= 0.3 is 0 Å². The zero-order valence-corrected chi connectivity index (χ0v) is 12.7. The highest BCUT2D eigenvalue weighted by Crippen LogP contribution is 2.23. The third-order valence-electron chi connectivity index (χ3n) is 3.71. The Morgan fingerprint density at radius 1 is 1.37 bits per heavy atom. The summed E-state index contributed by atoms with van der Waals surface area (Å²) in [4.78, 5) is 11.9. The smallest absolute Gasteiger partial charge is 0.224 e. The van der Waals surface area contributed by atoms with Crippen molar-refractivity contribution in [2.75, 3.05) is 6.54 Å². The van der Waals surface area contributed by atoms with Crippen molar-refractivity contribution >= 4 is 5.91 Å². The van der Waals surface area contributed by atoms with Crippen LogP contribution in [0.4, 0.5) is 0 Å². The van der Waals surface area contributed by atoms with Gasteiger partial charge in [0, 0.05) is 23.9 Å². The lowest BCUT2D eigenvalue weighted by atomic mass is 9.83. The minimum atomic E-state index is -0.159. The average Bonchev–Trinajstić information content (AvgIpc) is 2.35. The van der Waals surface area contributed by atoms with Gasteiger partial charge in [-0.25, -0.2) is 0 Å². The van der Waals surface area contributed by atoms with Gasteiger partial charge in [0.2, 0.25) is 5.91 Å². The maximum absolute atomic E-state index is 11.9. The molecule has 0 aromatic heterocycles. The van der Waals surface area contributed by atoms with Crippen LogP contribution < -0.4 is 11.1 Å². The summed E-state index contributed by atoms with van der Waals surface area (Å²) >= 11 is 0. The van der Waals surface area contributed by atoms with Crippen molar-refractivity contribution in [3.8, 4) is 0 Å². The fourth-order valence-corrected chi connectivity index (χ4v) is 1.88. The van der Waals surface area contributed by atoms with E-state index in [2.05, 4.69) is 50.4 Å². The summed E-state index contributed by atoms with van der Waals surface area (Å²) in [5.41, 5.74) is 8.14. The molecule has 19 heavy (non-hydrogen) atoms. The summed E-state index contributed by atoms with van der Waals surface area (Å²) in [6.45, 7) is 10.7. The van der Waals surface area contributed by atoms with Crippen molar-refractivity contribution in [2.24, 2.45) is 11.7 Å². The van der Waals surface area contributed by atoms with Crippen LogP contribution in [-0.4, -0.2) is 18.5 Å². The van der Waals surface area contributed by atoms with Crippen molar-refractivity contribution in [3.05, 3.63) is 35.4 Å². The number of aryl methyl sites for hydroxylation is 1. The normalized spacial score (nSPS) is 14.8. The molecule has 2 atom stereocenters. The molecule has 0 heterocycles. The van der Waals surface area contributed by atoms with E-state index in [0.29, 0.717) is 6.54 Å². The van der Waals surface area contributed by atoms with Crippen LogP contribution in [0.3, 0.4) is 0 Å². The Morgan fingerprint density at radius 3 is 2.53 bits per heavy atom. The molecule has 0 aliphatic rings. The van der Waals surface area contributed by atoms with Crippen LogP contribution in [0.1, 0.15) is 38.8 Å². The van der Waals surface area contributed by atoms with Crippen molar-refractivity contribution in [3.63, 3.8) is 0 Å². The molecule has 3 nitrogen and oxygen atoms in total. The van der Waals surface area contributed by atoms with E-state index in [9.17, 15) is 4.79 Å². The zero-order chi connectivity index (χ0) is 14.6. The number of benzene rings is 1. The van der Waals surface area contributed by atoms with Gasteiger partial charge in [0.1, 0.15) is 0 Å². The second-order valence-corrected chi connectivity index (χ2v) is 6.12. The zero-order valence-electron chi connectivity index (χ0n) is 12.7. The van der Waals surface area contributed by atoms with E-state index in [1.165, 1.54) is 11.1 Å². The van der Waals surface area contributed by atoms with Crippen LogP contribution in [0.25, 0.3) is 0 Å². The van der Waals surface area contributed by atoms with E-state index in [4.69, 9.17) is 5.73 Å². The molecule has 0 spiro atoms. The molecular formula is C16H26N2O. The molecule has 1 amide bonds. The Bertz CT molecular complexity index is 438. The third-order valence-corrected chi connectivity index (χ3v) is 3.71. The molecule has 0 saturated heterocycles. The molecular weight excluding hydrogens is 236 g/mol. The lowest BCUT2D eigenvalue weighted by Crippen LogP contribution is -2.43. The quantitative estimate of drug-likeness (QED) is 0.856. The van der Waals surface area contributed by atoms with E-state index in [-0.39, 0.29) is 23.3 Å². The van der Waals surface area contributed by atoms with Crippen LogP contribution in [0, 0.1) is 12.8 Å². The van der Waals surface area contributed by atoms with Crippen LogP contribution in [0.2, 0.25) is 0 Å². The van der Waals surface area contributed by atoms with Gasteiger partial charge in [-0.3, -0.25) is 4.79 Å². The maximum atomic E-state index is 11.9. The average molecular weight is 262 g/mol. The molecule has 3 N–H and O–H groups in total. The monoisotopic (exact) mass is 262 g/mol. The first kappa shape index (κ1) is 15.7. The fourth-order valence-electron chi connectivity index (χ4n) is 1.88. The molecule has 0 saturated carbocycles. The molecule has 106 valence electrons. The lowest BCUT2D eigenvalue weighted by Gasteiger charge is -2.27. The van der Waals surface area contributed by atoms with Gasteiger partial charge in [-0.2, -0.15) is 0 Å². The standard InChI is InChI=1S/C16H26N2O/c1-11-7-6-8-14(9-11)16(4,5)10-18-15(19)12(2)13(3)17/h6-9,12-13H,10,17H2,1-5H3,(H,18,19). The molecule has 3 heteroatoms. The summed E-state index contributed by atoms with van der Waals surface area (Å²) in [5, 5.41) is 3.00. The minimum Gasteiger partial charge on any atom is -0.355 e. The summed E-state index contributed by atoms with van der Waals surface area (Å²) in [5.74, 6) is -0.135. The highest BCUT2D eigenvalue weighted by atomic mass is 16.1. The number of hydrogen-bond acceptors (Lipinski definition) is 2. The third kappa shape index (κ3) is 4.35. The number of carbonyl (C=O) groups is 1. The number of rotatable bonds is 5. The Kier molecular flexibility index (Phi) is 5.12. The van der Waals surface area contributed by atoms with E-state index in [1.54, 1.807) is 0 Å². The van der Waals surface area contributed by atoms with Gasteiger partial charge in [-0.05, 0) is 19.4 Å². The van der Waals surface area contributed by atoms with Gasteiger partial charge in [0.05, 0.1) is 0 Å². The highest BCUT2D eigenvalue weighted by Gasteiger charge is 2.23. The Balaban J connectivity index is 2.68. The topological polar surface area (TPSA) is 55.1 Å². The first-order valence-electron chi connectivity index (χ1n) is 6.84. The predicted octanol–water partition coefficient (Wildman–Crippen LogP) is 2.37. The summed E-state index contributed by atoms with van der Waals surface area (Å²) < 4.78 is 0. The molecule has 0 aliphatic heterocycles. The molecule has 0 bridgehead atoms. The molecule has 2 unspecified atom stereocenters. The Hall–Kier alpha value is -1.35. The minimum absolute atomic E-state index is 0.0238. The van der Waals surface area contributed by atoms with Gasteiger partial charge in [-0.15, -0.1) is 0 Å². The molecule has 0 fully saturated rings. The Morgan fingerprint density at radius 2 is 2.00 bits per heavy atom. The Labute approximate surface area is 116 Å². The van der Waals surface area contributed by atoms with Crippen LogP contribution >= 0.6 is 0 Å². The van der Waals surface area contributed by atoms with E-state index < -0.39 is 0 Å². The number of nitrogens with two attached hydrogens (primary N) is 1. The van der Waals surface area contributed by atoms with Gasteiger partial charge in [0.15, 0.2) is 0 Å². The van der Waals surface area contributed by atoms with Gasteiger partial charge in [0.25, 0.3) is 0 Å². The van der Waals surface area contributed by atoms with E-state index >= 15 is 0 Å². The number of carbonyl (C=O) groups excluding carboxylic acids is 1. The summed E-state index contributed by atoms with van der Waals surface area (Å²) in [6.07, 6.45) is 0. The van der Waals surface area contributed by atoms with Gasteiger partial charge in [-0.1, -0.05) is 50.6 Å². The summed E-state index contributed by atoms with van der Waals surface area (Å²) in [6, 6.07) is 8.28. The molecule has 0 radical (unpaired) electrons. The lowest BCUT2D eigenvalue weighted by molar-refractivity contribution is -0.125. The largest absolute Gasteiger partial charge is 0.355 e. The first-order valence-corrected chi connectivity index (χ1v) is 6.84. The number of hydrogen-bond donors (Lipinski definition) is 2. The van der Waals surface area contributed by atoms with Crippen molar-refractivity contribution in [1.29, 1.82) is 0 Å². The fraction of sp³-hybridized carbons (Fsp3) is 0.562. The van der Waals surface area contributed by atoms with Crippen molar-refractivity contribution in [1.82, 2.24) is 5.32 Å². The van der Waals surface area contributed by atoms with Crippen LogP contribution in [-0.2, 0) is 10.2 Å². The summed E-state index contributed by atoms with van der Waals surface area (Å²) in [7, 11) is 0. The second-order valence-electron chi connectivity index (χ2n) is 6.12. The highest BCUT2D eigenvalue weighted by molar-refractivity contribution is 5.79. The first-order chi connectivity index (χ1) is 8.74. The molecule has 1 rings (SSSR count). The van der Waals surface area contributed by atoms with Crippen molar-refractivity contribution in [2.45, 2.75) is 46.1 Å². The molecule has 0 aliphatic carbocycles. The molecule has 1 aromatic carbocycles.